The third-order valence-electron chi connectivity index (χ3n) is 2.61. The van der Waals surface area contributed by atoms with Gasteiger partial charge in [0.2, 0.25) is 0 Å². The Morgan fingerprint density at radius 3 is 2.81 bits per heavy atom. The molecule has 2 rings (SSSR count). The van der Waals surface area contributed by atoms with E-state index in [4.69, 9.17) is 10.00 Å². The molecule has 1 heterocycles. The summed E-state index contributed by atoms with van der Waals surface area (Å²) in [6.45, 7) is 2.51. The average Bonchev–Trinajstić information content (AvgIpc) is 2.48. The van der Waals surface area contributed by atoms with Crippen molar-refractivity contribution in [2.24, 2.45) is 0 Å². The van der Waals surface area contributed by atoms with Crippen LogP contribution in [0.15, 0.2) is 36.4 Å². The largest absolute Gasteiger partial charge is 0.432 e. The lowest BCUT2D eigenvalue weighted by atomic mass is 10.2. The molecule has 7 nitrogen and oxygen atoms in total. The van der Waals surface area contributed by atoms with Crippen LogP contribution in [0.5, 0.6) is 11.6 Å². The van der Waals surface area contributed by atoms with Crippen molar-refractivity contribution >= 4 is 11.5 Å². The zero-order valence-electron chi connectivity index (χ0n) is 11.2. The molecule has 0 amide bonds. The first kappa shape index (κ1) is 14.3. The van der Waals surface area contributed by atoms with Gasteiger partial charge in [0.25, 0.3) is 0 Å². The van der Waals surface area contributed by atoms with Gasteiger partial charge in [-0.1, -0.05) is 12.1 Å². The minimum absolute atomic E-state index is 0.152. The first-order valence-electron chi connectivity index (χ1n) is 6.22. The Labute approximate surface area is 121 Å². The van der Waals surface area contributed by atoms with Gasteiger partial charge in [0.15, 0.2) is 0 Å². The van der Waals surface area contributed by atoms with Crippen LogP contribution < -0.4 is 10.1 Å². The second-order valence-electron chi connectivity index (χ2n) is 4.02. The van der Waals surface area contributed by atoms with Crippen LogP contribution in [0.4, 0.5) is 11.5 Å². The Balaban J connectivity index is 2.43. The highest BCUT2D eigenvalue weighted by atomic mass is 16.6. The number of pyridine rings is 1. The first-order valence-corrected chi connectivity index (χ1v) is 6.22. The Bertz CT molecular complexity index is 710. The molecule has 0 spiro atoms. The highest BCUT2D eigenvalue weighted by molar-refractivity contribution is 5.52. The van der Waals surface area contributed by atoms with Gasteiger partial charge in [0.1, 0.15) is 17.6 Å². The number of hydrogen-bond donors (Lipinski definition) is 1. The van der Waals surface area contributed by atoms with Crippen molar-refractivity contribution in [3.8, 4) is 17.7 Å². The van der Waals surface area contributed by atoms with Crippen molar-refractivity contribution in [1.29, 1.82) is 5.26 Å². The number of anilines is 1. The fraction of sp³-hybridized carbons (Fsp3) is 0.143. The van der Waals surface area contributed by atoms with Crippen LogP contribution in [0.3, 0.4) is 0 Å². The number of benzene rings is 1. The number of nitrogens with one attached hydrogen (secondary N) is 1. The van der Waals surface area contributed by atoms with E-state index in [0.29, 0.717) is 12.4 Å². The molecule has 0 unspecified atom stereocenters. The van der Waals surface area contributed by atoms with Gasteiger partial charge in [0, 0.05) is 12.6 Å². The third kappa shape index (κ3) is 3.25. The lowest BCUT2D eigenvalue weighted by Gasteiger charge is -2.08. The smallest absolute Gasteiger partial charge is 0.331 e. The molecule has 21 heavy (non-hydrogen) atoms. The van der Waals surface area contributed by atoms with Gasteiger partial charge in [-0.15, -0.1) is 0 Å². The molecular formula is C14H12N4O3. The zero-order valence-corrected chi connectivity index (χ0v) is 11.2. The van der Waals surface area contributed by atoms with Gasteiger partial charge >= 0.3 is 11.6 Å². The molecule has 1 aromatic carbocycles. The van der Waals surface area contributed by atoms with Crippen LogP contribution in [-0.2, 0) is 0 Å². The molecule has 0 aliphatic rings. The maximum Gasteiger partial charge on any atom is 0.331 e. The van der Waals surface area contributed by atoms with E-state index in [2.05, 4.69) is 10.3 Å². The number of rotatable bonds is 5. The van der Waals surface area contributed by atoms with Gasteiger partial charge in [-0.2, -0.15) is 10.2 Å². The normalized spacial score (nSPS) is 9.71. The van der Waals surface area contributed by atoms with Gasteiger partial charge in [-0.25, -0.2) is 0 Å². The van der Waals surface area contributed by atoms with E-state index in [1.807, 2.05) is 13.0 Å². The number of para-hydroxylation sites is 1. The molecule has 0 bridgehead atoms. The summed E-state index contributed by atoms with van der Waals surface area (Å²) < 4.78 is 5.46. The molecule has 0 atom stereocenters. The minimum atomic E-state index is -0.576. The molecule has 0 saturated heterocycles. The van der Waals surface area contributed by atoms with E-state index in [0.717, 1.165) is 0 Å². The van der Waals surface area contributed by atoms with Crippen molar-refractivity contribution in [2.75, 3.05) is 11.9 Å². The fourth-order valence-electron chi connectivity index (χ4n) is 1.68. The maximum absolute atomic E-state index is 11.0. The monoisotopic (exact) mass is 284 g/mol. The molecule has 0 fully saturated rings. The molecule has 2 aromatic rings. The topological polar surface area (TPSA) is 101 Å². The predicted octanol–water partition coefficient (Wildman–Crippen LogP) is 3.09. The number of nitrogens with zero attached hydrogens (tertiary/aromatic N) is 3. The number of ether oxygens (including phenoxy) is 1. The number of nitriles is 1. The summed E-state index contributed by atoms with van der Waals surface area (Å²) in [6.07, 6.45) is 0. The summed E-state index contributed by atoms with van der Waals surface area (Å²) in [5.74, 6) is 0.540. The van der Waals surface area contributed by atoms with E-state index >= 15 is 0 Å². The molecule has 0 saturated carbocycles. The van der Waals surface area contributed by atoms with Crippen molar-refractivity contribution in [3.63, 3.8) is 0 Å². The Kier molecular flexibility index (Phi) is 4.31. The number of nitro groups is 1. The van der Waals surface area contributed by atoms with Gasteiger partial charge in [0.05, 0.1) is 10.5 Å². The molecule has 0 aliphatic carbocycles. The maximum atomic E-state index is 11.0. The molecule has 0 radical (unpaired) electrons. The Morgan fingerprint density at radius 2 is 2.14 bits per heavy atom. The van der Waals surface area contributed by atoms with Gasteiger partial charge in [-0.05, 0) is 25.1 Å². The summed E-state index contributed by atoms with van der Waals surface area (Å²) in [7, 11) is 0. The van der Waals surface area contributed by atoms with Gasteiger partial charge < -0.3 is 10.1 Å². The van der Waals surface area contributed by atoms with Crippen molar-refractivity contribution in [2.45, 2.75) is 6.92 Å². The lowest BCUT2D eigenvalue weighted by molar-refractivity contribution is -0.386. The standard InChI is InChI=1S/C14H12N4O3/c1-2-16-13-8-7-11(18(19)20)14(17-13)21-12-6-4-3-5-10(12)9-15/h3-8H,2H2,1H3,(H,16,17). The average molecular weight is 284 g/mol. The molecule has 0 aliphatic heterocycles. The Hall–Kier alpha value is -3.14. The van der Waals surface area contributed by atoms with Crippen LogP contribution in [-0.4, -0.2) is 16.5 Å². The molecule has 1 N–H and O–H groups in total. The number of aromatic nitrogens is 1. The van der Waals surface area contributed by atoms with Crippen LogP contribution in [0.1, 0.15) is 12.5 Å². The molecular weight excluding hydrogens is 272 g/mol. The van der Waals surface area contributed by atoms with E-state index in [9.17, 15) is 10.1 Å². The highest BCUT2D eigenvalue weighted by Gasteiger charge is 2.19. The highest BCUT2D eigenvalue weighted by Crippen LogP contribution is 2.32. The van der Waals surface area contributed by atoms with Crippen LogP contribution >= 0.6 is 0 Å². The van der Waals surface area contributed by atoms with Gasteiger partial charge in [-0.3, -0.25) is 10.1 Å². The quantitative estimate of drug-likeness (QED) is 0.668. The second-order valence-corrected chi connectivity index (χ2v) is 4.02. The SMILES string of the molecule is CCNc1ccc([N+](=O)[O-])c(Oc2ccccc2C#N)n1. The van der Waals surface area contributed by atoms with E-state index < -0.39 is 4.92 Å². The second kappa shape index (κ2) is 6.34. The fourth-order valence-corrected chi connectivity index (χ4v) is 1.68. The minimum Gasteiger partial charge on any atom is -0.432 e. The molecule has 7 heteroatoms. The van der Waals surface area contributed by atoms with Crippen molar-refractivity contribution in [1.82, 2.24) is 4.98 Å². The van der Waals surface area contributed by atoms with Crippen LogP contribution in [0, 0.1) is 21.4 Å². The summed E-state index contributed by atoms with van der Waals surface area (Å²) in [5, 5.41) is 23.0. The van der Waals surface area contributed by atoms with Crippen LogP contribution in [0.25, 0.3) is 0 Å². The summed E-state index contributed by atoms with van der Waals surface area (Å²) >= 11 is 0. The first-order chi connectivity index (χ1) is 10.2. The molecule has 1 aromatic heterocycles. The number of hydrogen-bond acceptors (Lipinski definition) is 6. The molecule has 106 valence electrons. The summed E-state index contributed by atoms with van der Waals surface area (Å²) in [4.78, 5) is 14.5. The lowest BCUT2D eigenvalue weighted by Crippen LogP contribution is -2.02. The third-order valence-corrected chi connectivity index (χ3v) is 2.61. The van der Waals surface area contributed by atoms with Crippen molar-refractivity contribution in [3.05, 3.63) is 52.1 Å². The van der Waals surface area contributed by atoms with E-state index in [-0.39, 0.29) is 22.9 Å². The zero-order chi connectivity index (χ0) is 15.2. The van der Waals surface area contributed by atoms with Crippen LogP contribution in [0.2, 0.25) is 0 Å². The Morgan fingerprint density at radius 1 is 1.38 bits per heavy atom. The van der Waals surface area contributed by atoms with E-state index in [1.54, 1.807) is 24.3 Å². The summed E-state index contributed by atoms with van der Waals surface area (Å²) in [6, 6.07) is 11.3. The predicted molar refractivity (Wildman–Crippen MR) is 76.3 cm³/mol. The van der Waals surface area contributed by atoms with Crippen molar-refractivity contribution < 1.29 is 9.66 Å². The summed E-state index contributed by atoms with van der Waals surface area (Å²) in [5.41, 5.74) is 0.0202. The van der Waals surface area contributed by atoms with E-state index in [1.165, 1.54) is 12.1 Å².